The quantitative estimate of drug-likeness (QED) is 0.619. The minimum Gasteiger partial charge on any atom is -0.477 e. The van der Waals surface area contributed by atoms with Gasteiger partial charge in [-0.25, -0.2) is 19.6 Å². The van der Waals surface area contributed by atoms with Gasteiger partial charge in [-0.05, 0) is 12.1 Å². The summed E-state index contributed by atoms with van der Waals surface area (Å²) in [5.41, 5.74) is 0.327. The van der Waals surface area contributed by atoms with Crippen molar-refractivity contribution in [2.24, 2.45) is 0 Å². The fraction of sp³-hybridized carbons (Fsp3) is 0.182. The lowest BCUT2D eigenvalue weighted by Gasteiger charge is -2.06. The Kier molecular flexibility index (Phi) is 4.22. The number of amides is 2. The van der Waals surface area contributed by atoms with Crippen molar-refractivity contribution in [2.45, 2.75) is 6.42 Å². The number of nitrogens with zero attached hydrogens (tertiary/aromatic N) is 3. The van der Waals surface area contributed by atoms with Crippen molar-refractivity contribution >= 4 is 17.7 Å². The molecule has 0 fully saturated rings. The van der Waals surface area contributed by atoms with Crippen LogP contribution in [0.15, 0.2) is 24.7 Å². The average molecular weight is 276 g/mol. The van der Waals surface area contributed by atoms with Crippen molar-refractivity contribution in [1.82, 2.24) is 25.5 Å². The number of aromatic carboxylic acids is 1. The molecule has 0 aromatic carbocycles. The normalized spacial score (nSPS) is 10.0. The summed E-state index contributed by atoms with van der Waals surface area (Å²) < 4.78 is 0. The van der Waals surface area contributed by atoms with Crippen LogP contribution in [0.25, 0.3) is 0 Å². The maximum Gasteiger partial charge on any atom is 0.354 e. The van der Waals surface area contributed by atoms with Gasteiger partial charge < -0.3 is 15.7 Å². The molecule has 104 valence electrons. The van der Waals surface area contributed by atoms with E-state index in [1.165, 1.54) is 24.7 Å². The van der Waals surface area contributed by atoms with Crippen LogP contribution in [-0.2, 0) is 6.42 Å². The van der Waals surface area contributed by atoms with Crippen molar-refractivity contribution in [1.29, 1.82) is 0 Å². The molecule has 2 aromatic rings. The second-order valence-corrected chi connectivity index (χ2v) is 3.80. The predicted molar refractivity (Wildman–Crippen MR) is 68.3 cm³/mol. The van der Waals surface area contributed by atoms with E-state index in [9.17, 15) is 9.59 Å². The summed E-state index contributed by atoms with van der Waals surface area (Å²) >= 11 is 0. The van der Waals surface area contributed by atoms with Crippen LogP contribution in [0, 0.1) is 0 Å². The molecular weight excluding hydrogens is 264 g/mol. The van der Waals surface area contributed by atoms with Crippen LogP contribution in [0.2, 0.25) is 0 Å². The van der Waals surface area contributed by atoms with E-state index in [-0.39, 0.29) is 5.69 Å². The average Bonchev–Trinajstić information content (AvgIpc) is 2.92. The van der Waals surface area contributed by atoms with Crippen molar-refractivity contribution in [3.63, 3.8) is 0 Å². The highest BCUT2D eigenvalue weighted by Gasteiger charge is 2.06. The van der Waals surface area contributed by atoms with E-state index >= 15 is 0 Å². The van der Waals surface area contributed by atoms with E-state index in [4.69, 9.17) is 5.11 Å². The molecule has 0 aliphatic carbocycles. The molecule has 0 spiro atoms. The number of urea groups is 1. The number of hydrogen-bond donors (Lipinski definition) is 4. The zero-order chi connectivity index (χ0) is 14.4. The second-order valence-electron chi connectivity index (χ2n) is 3.80. The molecular formula is C11H12N6O3. The second kappa shape index (κ2) is 6.27. The van der Waals surface area contributed by atoms with Crippen LogP contribution in [-0.4, -0.2) is 43.8 Å². The summed E-state index contributed by atoms with van der Waals surface area (Å²) in [6, 6.07) is 2.37. The number of aromatic amines is 1. The van der Waals surface area contributed by atoms with E-state index in [0.717, 1.165) is 0 Å². The highest BCUT2D eigenvalue weighted by Crippen LogP contribution is 2.05. The summed E-state index contributed by atoms with van der Waals surface area (Å²) in [4.78, 5) is 29.8. The van der Waals surface area contributed by atoms with Gasteiger partial charge in [0, 0.05) is 13.0 Å². The molecule has 0 atom stereocenters. The topological polar surface area (TPSA) is 133 Å². The van der Waals surface area contributed by atoms with Gasteiger partial charge in [0.1, 0.15) is 17.8 Å². The molecule has 0 saturated heterocycles. The van der Waals surface area contributed by atoms with Gasteiger partial charge in [-0.3, -0.25) is 5.10 Å². The SMILES string of the molecule is O=C(NCCc1ncn[nH]1)Nc1ccc(C(=O)O)nc1. The van der Waals surface area contributed by atoms with E-state index in [1.807, 2.05) is 0 Å². The largest absolute Gasteiger partial charge is 0.477 e. The number of carbonyl (C=O) groups is 2. The number of carbonyl (C=O) groups excluding carboxylic acids is 1. The van der Waals surface area contributed by atoms with Crippen LogP contribution in [0.4, 0.5) is 10.5 Å². The van der Waals surface area contributed by atoms with Crippen molar-refractivity contribution < 1.29 is 14.7 Å². The van der Waals surface area contributed by atoms with Crippen LogP contribution in [0.3, 0.4) is 0 Å². The first-order valence-electron chi connectivity index (χ1n) is 5.73. The van der Waals surface area contributed by atoms with Crippen molar-refractivity contribution in [3.05, 3.63) is 36.2 Å². The Hall–Kier alpha value is -2.97. The minimum atomic E-state index is -1.12. The number of nitrogens with one attached hydrogen (secondary N) is 3. The lowest BCUT2D eigenvalue weighted by Crippen LogP contribution is -2.30. The first-order valence-corrected chi connectivity index (χ1v) is 5.73. The van der Waals surface area contributed by atoms with Crippen LogP contribution in [0.1, 0.15) is 16.3 Å². The molecule has 0 unspecified atom stereocenters. The van der Waals surface area contributed by atoms with Gasteiger partial charge in [0.15, 0.2) is 0 Å². The van der Waals surface area contributed by atoms with E-state index < -0.39 is 12.0 Å². The Bertz CT molecular complexity index is 581. The fourth-order valence-electron chi connectivity index (χ4n) is 1.42. The van der Waals surface area contributed by atoms with Crippen LogP contribution in [0.5, 0.6) is 0 Å². The van der Waals surface area contributed by atoms with Gasteiger partial charge in [0.2, 0.25) is 0 Å². The monoisotopic (exact) mass is 276 g/mol. The molecule has 2 amide bonds. The van der Waals surface area contributed by atoms with Gasteiger partial charge in [0.25, 0.3) is 0 Å². The molecule has 0 radical (unpaired) electrons. The molecule has 9 heteroatoms. The van der Waals surface area contributed by atoms with E-state index in [1.54, 1.807) is 0 Å². The summed E-state index contributed by atoms with van der Waals surface area (Å²) in [6.45, 7) is 0.391. The molecule has 2 rings (SSSR count). The molecule has 0 bridgehead atoms. The summed E-state index contributed by atoms with van der Waals surface area (Å²) in [5.74, 6) is -0.439. The smallest absolute Gasteiger partial charge is 0.354 e. The Balaban J connectivity index is 1.77. The summed E-state index contributed by atoms with van der Waals surface area (Å²) in [5, 5.41) is 20.2. The molecule has 4 N–H and O–H groups in total. The Morgan fingerprint density at radius 1 is 1.30 bits per heavy atom. The van der Waals surface area contributed by atoms with Crippen LogP contribution < -0.4 is 10.6 Å². The summed E-state index contributed by atoms with van der Waals surface area (Å²) in [6.07, 6.45) is 3.20. The molecule has 2 aromatic heterocycles. The molecule has 20 heavy (non-hydrogen) atoms. The first kappa shape index (κ1) is 13.5. The summed E-state index contributed by atoms with van der Waals surface area (Å²) in [7, 11) is 0. The molecule has 2 heterocycles. The number of pyridine rings is 1. The Morgan fingerprint density at radius 3 is 2.75 bits per heavy atom. The number of rotatable bonds is 5. The first-order chi connectivity index (χ1) is 9.65. The van der Waals surface area contributed by atoms with Gasteiger partial charge >= 0.3 is 12.0 Å². The molecule has 0 saturated carbocycles. The molecule has 9 nitrogen and oxygen atoms in total. The number of hydrogen-bond acceptors (Lipinski definition) is 5. The Morgan fingerprint density at radius 2 is 2.15 bits per heavy atom. The third kappa shape index (κ3) is 3.77. The van der Waals surface area contributed by atoms with Crippen molar-refractivity contribution in [2.75, 3.05) is 11.9 Å². The number of carboxylic acid groups (broad SMARTS) is 1. The minimum absolute atomic E-state index is 0.0822. The van der Waals surface area contributed by atoms with Gasteiger partial charge in [-0.15, -0.1) is 0 Å². The van der Waals surface area contributed by atoms with Gasteiger partial charge in [-0.1, -0.05) is 0 Å². The third-order valence-corrected chi connectivity index (χ3v) is 2.35. The van der Waals surface area contributed by atoms with Crippen LogP contribution >= 0.6 is 0 Å². The van der Waals surface area contributed by atoms with E-state index in [2.05, 4.69) is 30.8 Å². The van der Waals surface area contributed by atoms with E-state index in [0.29, 0.717) is 24.5 Å². The zero-order valence-corrected chi connectivity index (χ0v) is 10.3. The number of H-pyrrole nitrogens is 1. The number of carboxylic acids is 1. The fourth-order valence-corrected chi connectivity index (χ4v) is 1.42. The highest BCUT2D eigenvalue weighted by molar-refractivity contribution is 5.90. The van der Waals surface area contributed by atoms with Gasteiger partial charge in [0.05, 0.1) is 11.9 Å². The lowest BCUT2D eigenvalue weighted by molar-refractivity contribution is 0.0690. The standard InChI is InChI=1S/C11H12N6O3/c18-10(19)8-2-1-7(5-13-8)16-11(20)12-4-3-9-14-6-15-17-9/h1-2,5-6H,3-4H2,(H,18,19)(H2,12,16,20)(H,14,15,17). The number of anilines is 1. The lowest BCUT2D eigenvalue weighted by atomic mass is 10.3. The number of aromatic nitrogens is 4. The maximum atomic E-state index is 11.5. The molecule has 0 aliphatic heterocycles. The highest BCUT2D eigenvalue weighted by atomic mass is 16.4. The molecule has 0 aliphatic rings. The van der Waals surface area contributed by atoms with Gasteiger partial charge in [-0.2, -0.15) is 5.10 Å². The maximum absolute atomic E-state index is 11.5. The Labute approximate surface area is 113 Å². The zero-order valence-electron chi connectivity index (χ0n) is 10.3. The predicted octanol–water partition coefficient (Wildman–Crippen LogP) is 0.262. The third-order valence-electron chi connectivity index (χ3n) is 2.35. The van der Waals surface area contributed by atoms with Crippen molar-refractivity contribution in [3.8, 4) is 0 Å².